The zero-order valence-corrected chi connectivity index (χ0v) is 18.4. The molecule has 5 aromatic rings. The maximum atomic E-state index is 4.71. The van der Waals surface area contributed by atoms with Crippen molar-refractivity contribution in [2.24, 2.45) is 0 Å². The number of tetrazole rings is 1. The fourth-order valence-corrected chi connectivity index (χ4v) is 4.02. The summed E-state index contributed by atoms with van der Waals surface area (Å²) in [6.07, 6.45) is 4.18. The molecule has 8 nitrogen and oxygen atoms in total. The highest BCUT2D eigenvalue weighted by atomic mass is 15.5. The van der Waals surface area contributed by atoms with Crippen molar-refractivity contribution in [3.05, 3.63) is 71.7 Å². The van der Waals surface area contributed by atoms with E-state index < -0.39 is 0 Å². The van der Waals surface area contributed by atoms with Crippen molar-refractivity contribution in [2.75, 3.05) is 0 Å². The minimum Gasteiger partial charge on any atom is -0.263 e. The molecule has 5 rings (SSSR count). The van der Waals surface area contributed by atoms with E-state index >= 15 is 0 Å². The molecule has 0 atom stereocenters. The van der Waals surface area contributed by atoms with E-state index in [-0.39, 0.29) is 0 Å². The molecule has 1 N–H and O–H groups in total. The number of aromatic nitrogens is 8. The van der Waals surface area contributed by atoms with Crippen LogP contribution in [0.3, 0.4) is 0 Å². The number of nitrogens with one attached hydrogen (secondary N) is 1. The smallest absolute Gasteiger partial charge is 0.205 e. The molecule has 0 amide bonds. The first-order valence-corrected chi connectivity index (χ1v) is 11.1. The summed E-state index contributed by atoms with van der Waals surface area (Å²) in [4.78, 5) is 4.66. The number of aryl methyl sites for hydroxylation is 2. The van der Waals surface area contributed by atoms with E-state index in [0.717, 1.165) is 60.4 Å². The second-order valence-electron chi connectivity index (χ2n) is 7.90. The number of fused-ring (bicyclic) bond motifs is 1. The van der Waals surface area contributed by atoms with Gasteiger partial charge in [-0.1, -0.05) is 68.8 Å². The Kier molecular flexibility index (Phi) is 5.49. The van der Waals surface area contributed by atoms with Crippen LogP contribution >= 0.6 is 0 Å². The van der Waals surface area contributed by atoms with Gasteiger partial charge in [0.2, 0.25) is 5.82 Å². The van der Waals surface area contributed by atoms with Gasteiger partial charge in [0.05, 0.1) is 6.54 Å². The van der Waals surface area contributed by atoms with Crippen LogP contribution < -0.4 is 0 Å². The molecule has 0 radical (unpaired) electrons. The molecular weight excluding hydrogens is 400 g/mol. The fourth-order valence-electron chi connectivity index (χ4n) is 4.02. The lowest BCUT2D eigenvalue weighted by Crippen LogP contribution is -2.12. The summed E-state index contributed by atoms with van der Waals surface area (Å²) in [6.45, 7) is 5.06. The van der Waals surface area contributed by atoms with Crippen molar-refractivity contribution >= 4 is 5.65 Å². The highest BCUT2D eigenvalue weighted by molar-refractivity contribution is 5.80. The van der Waals surface area contributed by atoms with E-state index in [0.29, 0.717) is 5.82 Å². The van der Waals surface area contributed by atoms with Gasteiger partial charge in [0.1, 0.15) is 0 Å². The lowest BCUT2D eigenvalue weighted by molar-refractivity contribution is 0.547. The zero-order chi connectivity index (χ0) is 21.9. The predicted molar refractivity (Wildman–Crippen MR) is 123 cm³/mol. The Morgan fingerprint density at radius 3 is 2.50 bits per heavy atom. The molecule has 0 aliphatic rings. The molecule has 0 unspecified atom stereocenters. The molecule has 0 aliphatic carbocycles. The van der Waals surface area contributed by atoms with Gasteiger partial charge >= 0.3 is 0 Å². The van der Waals surface area contributed by atoms with Crippen molar-refractivity contribution < 1.29 is 0 Å². The van der Waals surface area contributed by atoms with Crippen molar-refractivity contribution in [2.45, 2.75) is 46.1 Å². The summed E-state index contributed by atoms with van der Waals surface area (Å²) >= 11 is 0. The van der Waals surface area contributed by atoms with Crippen LogP contribution in [0.1, 0.15) is 43.8 Å². The lowest BCUT2D eigenvalue weighted by atomic mass is 9.98. The molecule has 8 heteroatoms. The van der Waals surface area contributed by atoms with Crippen molar-refractivity contribution in [1.29, 1.82) is 0 Å². The average molecular weight is 427 g/mol. The Hall–Kier alpha value is -3.81. The highest BCUT2D eigenvalue weighted by Gasteiger charge is 2.14. The van der Waals surface area contributed by atoms with Gasteiger partial charge < -0.3 is 0 Å². The monoisotopic (exact) mass is 426 g/mol. The first kappa shape index (κ1) is 20.1. The van der Waals surface area contributed by atoms with Crippen molar-refractivity contribution in [3.8, 4) is 22.5 Å². The summed E-state index contributed by atoms with van der Waals surface area (Å²) < 4.78 is 4.21. The zero-order valence-electron chi connectivity index (χ0n) is 18.4. The van der Waals surface area contributed by atoms with E-state index in [1.165, 1.54) is 11.3 Å². The van der Waals surface area contributed by atoms with Gasteiger partial charge in [-0.3, -0.25) is 4.68 Å². The van der Waals surface area contributed by atoms with Gasteiger partial charge in [0, 0.05) is 23.7 Å². The van der Waals surface area contributed by atoms with E-state index in [1.54, 1.807) is 0 Å². The van der Waals surface area contributed by atoms with Crippen LogP contribution in [0.25, 0.3) is 28.2 Å². The fraction of sp³-hybridized carbons (Fsp3) is 0.292. The molecule has 162 valence electrons. The number of rotatable bonds is 8. The standard InChI is InChI=1S/C24H26N8/c1-3-5-8-19-15-23-25-22(4-2)28-32(23)31(19)16-17-11-13-18(14-12-17)20-9-6-7-10-21(20)24-26-29-30-27-24/h6-7,9-15H,3-5,8,16H2,1-2H3,(H,26,27,29,30). The predicted octanol–water partition coefficient (Wildman–Crippen LogP) is 4.33. The topological polar surface area (TPSA) is 89.6 Å². The number of aromatic amines is 1. The largest absolute Gasteiger partial charge is 0.263 e. The van der Waals surface area contributed by atoms with Crippen molar-refractivity contribution in [1.82, 2.24) is 40.0 Å². The third kappa shape index (κ3) is 3.79. The van der Waals surface area contributed by atoms with Crippen LogP contribution in [0.2, 0.25) is 0 Å². The Balaban J connectivity index is 1.46. The number of hydrogen-bond donors (Lipinski definition) is 1. The molecule has 3 aromatic heterocycles. The summed E-state index contributed by atoms with van der Waals surface area (Å²) in [6, 6.07) is 18.9. The van der Waals surface area contributed by atoms with E-state index in [4.69, 9.17) is 5.10 Å². The number of nitrogens with zero attached hydrogens (tertiary/aromatic N) is 7. The first-order valence-electron chi connectivity index (χ1n) is 11.1. The van der Waals surface area contributed by atoms with Crippen LogP contribution in [-0.2, 0) is 19.4 Å². The average Bonchev–Trinajstić information content (AvgIpc) is 3.56. The summed E-state index contributed by atoms with van der Waals surface area (Å²) in [5, 5.41) is 19.2. The SMILES string of the molecule is CCCCc1cc2nc(CC)nn2n1Cc1ccc(-c2ccccc2-c2nn[nH]n2)cc1. The maximum Gasteiger partial charge on any atom is 0.205 e. The van der Waals surface area contributed by atoms with Crippen LogP contribution in [0.5, 0.6) is 0 Å². The highest BCUT2D eigenvalue weighted by Crippen LogP contribution is 2.30. The summed E-state index contributed by atoms with van der Waals surface area (Å²) in [7, 11) is 0. The minimum atomic E-state index is 0.595. The molecular formula is C24H26N8. The van der Waals surface area contributed by atoms with Crippen LogP contribution in [0, 0.1) is 0 Å². The maximum absolute atomic E-state index is 4.71. The summed E-state index contributed by atoms with van der Waals surface area (Å²) in [5.41, 5.74) is 6.57. The second-order valence-corrected chi connectivity index (χ2v) is 7.90. The molecule has 0 spiro atoms. The second kappa shape index (κ2) is 8.74. The van der Waals surface area contributed by atoms with E-state index in [1.807, 2.05) is 22.8 Å². The van der Waals surface area contributed by atoms with E-state index in [9.17, 15) is 0 Å². The van der Waals surface area contributed by atoms with Gasteiger partial charge in [-0.15, -0.1) is 15.3 Å². The van der Waals surface area contributed by atoms with Gasteiger partial charge in [-0.2, -0.15) is 9.84 Å². The van der Waals surface area contributed by atoms with Crippen molar-refractivity contribution in [3.63, 3.8) is 0 Å². The van der Waals surface area contributed by atoms with Crippen LogP contribution in [-0.4, -0.2) is 40.0 Å². The number of unbranched alkanes of at least 4 members (excludes halogenated alkanes) is 1. The number of H-pyrrole nitrogens is 1. The van der Waals surface area contributed by atoms with Gasteiger partial charge in [-0.25, -0.2) is 4.98 Å². The Bertz CT molecular complexity index is 1310. The molecule has 0 saturated heterocycles. The molecule has 0 bridgehead atoms. The normalized spacial score (nSPS) is 11.4. The Morgan fingerprint density at radius 1 is 0.969 bits per heavy atom. The van der Waals surface area contributed by atoms with Gasteiger partial charge in [-0.05, 0) is 34.7 Å². The molecule has 0 aliphatic heterocycles. The minimum absolute atomic E-state index is 0.595. The lowest BCUT2D eigenvalue weighted by Gasteiger charge is -2.11. The number of hydrogen-bond acceptors (Lipinski definition) is 5. The molecule has 0 fully saturated rings. The number of benzene rings is 2. The Labute approximate surface area is 186 Å². The van der Waals surface area contributed by atoms with Crippen LogP contribution in [0.4, 0.5) is 0 Å². The Morgan fingerprint density at radius 2 is 1.78 bits per heavy atom. The van der Waals surface area contributed by atoms with Crippen LogP contribution in [0.15, 0.2) is 54.6 Å². The quantitative estimate of drug-likeness (QED) is 0.399. The third-order valence-electron chi connectivity index (χ3n) is 5.73. The van der Waals surface area contributed by atoms with Gasteiger partial charge in [0.15, 0.2) is 11.5 Å². The third-order valence-corrected chi connectivity index (χ3v) is 5.73. The molecule has 0 saturated carbocycles. The molecule has 2 aromatic carbocycles. The van der Waals surface area contributed by atoms with E-state index in [2.05, 4.69) is 80.5 Å². The molecule has 32 heavy (non-hydrogen) atoms. The molecule has 3 heterocycles. The summed E-state index contributed by atoms with van der Waals surface area (Å²) in [5.74, 6) is 1.47. The van der Waals surface area contributed by atoms with Gasteiger partial charge in [0.25, 0.3) is 0 Å². The first-order chi connectivity index (χ1) is 15.8.